The molecular weight excluding hydrogens is 292 g/mol. The van der Waals surface area contributed by atoms with Gasteiger partial charge in [-0.25, -0.2) is 0 Å². The topological polar surface area (TPSA) is 46.3 Å². The van der Waals surface area contributed by atoms with E-state index in [9.17, 15) is 4.79 Å². The fourth-order valence-electron chi connectivity index (χ4n) is 2.54. The van der Waals surface area contributed by atoms with Crippen LogP contribution in [0.4, 0.5) is 0 Å². The molecule has 0 heterocycles. The second-order valence-corrected chi connectivity index (χ2v) is 5.84. The lowest BCUT2D eigenvalue weighted by atomic mass is 10.0. The highest BCUT2D eigenvalue weighted by atomic mass is 79.9. The van der Waals surface area contributed by atoms with Crippen molar-refractivity contribution < 1.29 is 4.79 Å². The Hall–Kier alpha value is -0.870. The van der Waals surface area contributed by atoms with E-state index in [0.717, 1.165) is 29.3 Å². The van der Waals surface area contributed by atoms with Crippen molar-refractivity contribution in [1.29, 1.82) is 0 Å². The minimum Gasteiger partial charge on any atom is -0.341 e. The van der Waals surface area contributed by atoms with Gasteiger partial charge in [-0.05, 0) is 24.5 Å². The second-order valence-electron chi connectivity index (χ2n) is 4.99. The third kappa shape index (κ3) is 2.93. The van der Waals surface area contributed by atoms with E-state index in [1.54, 1.807) is 4.90 Å². The second kappa shape index (κ2) is 5.85. The van der Waals surface area contributed by atoms with Crippen molar-refractivity contribution in [1.82, 2.24) is 4.90 Å². The van der Waals surface area contributed by atoms with E-state index >= 15 is 0 Å². The molecule has 3 nitrogen and oxygen atoms in total. The fraction of sp³-hybridized carbons (Fsp3) is 0.500. The molecule has 1 fully saturated rings. The van der Waals surface area contributed by atoms with Crippen LogP contribution in [-0.4, -0.2) is 23.9 Å². The molecule has 0 aromatic heterocycles. The van der Waals surface area contributed by atoms with Crippen LogP contribution in [0.1, 0.15) is 24.8 Å². The number of rotatable bonds is 3. The number of amides is 1. The van der Waals surface area contributed by atoms with Crippen LogP contribution in [-0.2, 0) is 11.3 Å². The van der Waals surface area contributed by atoms with E-state index in [1.165, 1.54) is 0 Å². The molecule has 2 N–H and O–H groups in total. The van der Waals surface area contributed by atoms with Crippen molar-refractivity contribution in [2.75, 3.05) is 7.05 Å². The summed E-state index contributed by atoms with van der Waals surface area (Å²) in [6, 6.07) is 8.03. The van der Waals surface area contributed by atoms with Gasteiger partial charge in [0, 0.05) is 24.1 Å². The molecular formula is C14H19BrN2O. The lowest BCUT2D eigenvalue weighted by molar-refractivity contribution is -0.134. The number of hydrogen-bond acceptors (Lipinski definition) is 2. The van der Waals surface area contributed by atoms with E-state index < -0.39 is 0 Å². The summed E-state index contributed by atoms with van der Waals surface area (Å²) >= 11 is 3.51. The van der Waals surface area contributed by atoms with Gasteiger partial charge < -0.3 is 10.6 Å². The lowest BCUT2D eigenvalue weighted by Crippen LogP contribution is -2.39. The van der Waals surface area contributed by atoms with Crippen LogP contribution in [0.25, 0.3) is 0 Å². The summed E-state index contributed by atoms with van der Waals surface area (Å²) in [7, 11) is 1.85. The normalized spacial score (nSPS) is 23.1. The van der Waals surface area contributed by atoms with Crippen molar-refractivity contribution in [3.8, 4) is 0 Å². The molecule has 2 atom stereocenters. The maximum Gasteiger partial charge on any atom is 0.227 e. The van der Waals surface area contributed by atoms with Gasteiger partial charge in [0.2, 0.25) is 5.91 Å². The Morgan fingerprint density at radius 3 is 2.78 bits per heavy atom. The van der Waals surface area contributed by atoms with Crippen LogP contribution < -0.4 is 5.73 Å². The maximum absolute atomic E-state index is 12.3. The summed E-state index contributed by atoms with van der Waals surface area (Å²) in [6.45, 7) is 0.628. The Bertz CT molecular complexity index is 436. The van der Waals surface area contributed by atoms with Crippen LogP contribution in [0.2, 0.25) is 0 Å². The van der Waals surface area contributed by atoms with Crippen molar-refractivity contribution in [2.24, 2.45) is 11.7 Å². The van der Waals surface area contributed by atoms with Gasteiger partial charge in [0.05, 0.1) is 5.92 Å². The highest BCUT2D eigenvalue weighted by Crippen LogP contribution is 2.26. The number of hydrogen-bond donors (Lipinski definition) is 1. The van der Waals surface area contributed by atoms with Crippen molar-refractivity contribution in [3.05, 3.63) is 34.3 Å². The van der Waals surface area contributed by atoms with Gasteiger partial charge in [0.15, 0.2) is 0 Å². The summed E-state index contributed by atoms with van der Waals surface area (Å²) in [5, 5.41) is 0. The van der Waals surface area contributed by atoms with Crippen molar-refractivity contribution in [2.45, 2.75) is 31.8 Å². The molecule has 1 aromatic carbocycles. The SMILES string of the molecule is CN(Cc1ccccc1Br)C(=O)[C@@H]1CCC[C@H]1N. The summed E-state index contributed by atoms with van der Waals surface area (Å²) in [5.41, 5.74) is 7.11. The van der Waals surface area contributed by atoms with Crippen LogP contribution >= 0.6 is 15.9 Å². The number of carbonyl (C=O) groups excluding carboxylic acids is 1. The van der Waals surface area contributed by atoms with Crippen LogP contribution in [0, 0.1) is 5.92 Å². The number of benzene rings is 1. The highest BCUT2D eigenvalue weighted by molar-refractivity contribution is 9.10. The minimum absolute atomic E-state index is 0.0116. The Morgan fingerprint density at radius 1 is 1.44 bits per heavy atom. The summed E-state index contributed by atoms with van der Waals surface area (Å²) in [5.74, 6) is 0.188. The first-order chi connectivity index (χ1) is 8.59. The quantitative estimate of drug-likeness (QED) is 0.932. The molecule has 0 saturated heterocycles. The minimum atomic E-state index is 0.0116. The average molecular weight is 311 g/mol. The molecule has 1 aliphatic rings. The smallest absolute Gasteiger partial charge is 0.227 e. The van der Waals surface area contributed by atoms with E-state index in [-0.39, 0.29) is 17.9 Å². The number of nitrogens with two attached hydrogens (primary N) is 1. The van der Waals surface area contributed by atoms with Gasteiger partial charge in [0.1, 0.15) is 0 Å². The highest BCUT2D eigenvalue weighted by Gasteiger charge is 2.32. The summed E-state index contributed by atoms with van der Waals surface area (Å²) in [4.78, 5) is 14.1. The third-order valence-corrected chi connectivity index (χ3v) is 4.40. The molecule has 2 rings (SSSR count). The van der Waals surface area contributed by atoms with E-state index in [2.05, 4.69) is 15.9 Å². The van der Waals surface area contributed by atoms with Gasteiger partial charge in [-0.2, -0.15) is 0 Å². The molecule has 1 saturated carbocycles. The summed E-state index contributed by atoms with van der Waals surface area (Å²) in [6.07, 6.45) is 2.97. The molecule has 4 heteroatoms. The fourth-order valence-corrected chi connectivity index (χ4v) is 2.95. The first kappa shape index (κ1) is 13.6. The van der Waals surface area contributed by atoms with Crippen molar-refractivity contribution >= 4 is 21.8 Å². The molecule has 1 aliphatic carbocycles. The molecule has 0 unspecified atom stereocenters. The number of halogens is 1. The van der Waals surface area contributed by atoms with E-state index in [0.29, 0.717) is 6.54 Å². The van der Waals surface area contributed by atoms with Gasteiger partial charge in [-0.1, -0.05) is 40.5 Å². The van der Waals surface area contributed by atoms with E-state index in [1.807, 2.05) is 31.3 Å². The predicted molar refractivity (Wildman–Crippen MR) is 75.9 cm³/mol. The molecule has 98 valence electrons. The van der Waals surface area contributed by atoms with Crippen molar-refractivity contribution in [3.63, 3.8) is 0 Å². The lowest BCUT2D eigenvalue weighted by Gasteiger charge is -2.23. The third-order valence-electron chi connectivity index (χ3n) is 3.63. The molecule has 18 heavy (non-hydrogen) atoms. The van der Waals surface area contributed by atoms with Gasteiger partial charge in [-0.15, -0.1) is 0 Å². The molecule has 0 radical (unpaired) electrons. The largest absolute Gasteiger partial charge is 0.341 e. The molecule has 0 spiro atoms. The van der Waals surface area contributed by atoms with Crippen LogP contribution in [0.5, 0.6) is 0 Å². The van der Waals surface area contributed by atoms with Crippen LogP contribution in [0.15, 0.2) is 28.7 Å². The van der Waals surface area contributed by atoms with Gasteiger partial charge in [-0.3, -0.25) is 4.79 Å². The maximum atomic E-state index is 12.3. The average Bonchev–Trinajstić information content (AvgIpc) is 2.77. The standard InChI is InChI=1S/C14H19BrN2O/c1-17(9-10-5-2-3-7-12(10)15)14(18)11-6-4-8-13(11)16/h2-3,5,7,11,13H,4,6,8-9,16H2,1H3/t11-,13-/m1/s1. The Kier molecular flexibility index (Phi) is 4.40. The predicted octanol–water partition coefficient (Wildman–Crippen LogP) is 2.53. The molecule has 1 amide bonds. The zero-order chi connectivity index (χ0) is 13.1. The monoisotopic (exact) mass is 310 g/mol. The van der Waals surface area contributed by atoms with Crippen LogP contribution in [0.3, 0.4) is 0 Å². The Labute approximate surface area is 116 Å². The summed E-state index contributed by atoms with van der Waals surface area (Å²) < 4.78 is 1.04. The Balaban J connectivity index is 2.01. The Morgan fingerprint density at radius 2 is 2.17 bits per heavy atom. The number of carbonyl (C=O) groups is 1. The molecule has 0 bridgehead atoms. The van der Waals surface area contributed by atoms with Gasteiger partial charge >= 0.3 is 0 Å². The molecule has 0 aliphatic heterocycles. The first-order valence-electron chi connectivity index (χ1n) is 6.33. The number of nitrogens with zero attached hydrogens (tertiary/aromatic N) is 1. The zero-order valence-corrected chi connectivity index (χ0v) is 12.2. The zero-order valence-electron chi connectivity index (χ0n) is 10.6. The van der Waals surface area contributed by atoms with E-state index in [4.69, 9.17) is 5.73 Å². The first-order valence-corrected chi connectivity index (χ1v) is 7.13. The molecule has 1 aromatic rings. The van der Waals surface area contributed by atoms with Gasteiger partial charge in [0.25, 0.3) is 0 Å².